The molecule has 0 spiro atoms. The van der Waals surface area contributed by atoms with Gasteiger partial charge in [-0.15, -0.1) is 0 Å². The number of carbonyl (C=O) groups excluding carboxylic acids is 1. The van der Waals surface area contributed by atoms with Crippen molar-refractivity contribution < 1.29 is 14.6 Å². The highest BCUT2D eigenvalue weighted by molar-refractivity contribution is 6.04. The number of rotatable bonds is 3. The van der Waals surface area contributed by atoms with Crippen LogP contribution in [0.2, 0.25) is 0 Å². The minimum Gasteiger partial charge on any atom is -0.451 e. The lowest BCUT2D eigenvalue weighted by molar-refractivity contribution is -0.143. The lowest BCUT2D eigenvalue weighted by Crippen LogP contribution is -2.15. The number of hydrogen-bond donors (Lipinski definition) is 1. The molecule has 2 atom stereocenters. The summed E-state index contributed by atoms with van der Waals surface area (Å²) in [7, 11) is 0. The average molecular weight is 244 g/mol. The van der Waals surface area contributed by atoms with Crippen molar-refractivity contribution >= 4 is 11.5 Å². The molecule has 94 valence electrons. The van der Waals surface area contributed by atoms with Crippen LogP contribution in [0.15, 0.2) is 29.8 Å². The van der Waals surface area contributed by atoms with Crippen molar-refractivity contribution in [3.05, 3.63) is 41.0 Å². The first-order valence-electron chi connectivity index (χ1n) is 6.45. The molecule has 1 aromatic rings. The molecule has 1 aliphatic carbocycles. The predicted molar refractivity (Wildman–Crippen MR) is 67.7 cm³/mol. The number of benzene rings is 1. The van der Waals surface area contributed by atoms with E-state index in [9.17, 15) is 9.90 Å². The lowest BCUT2D eigenvalue weighted by Gasteiger charge is -2.11. The van der Waals surface area contributed by atoms with E-state index in [-0.39, 0.29) is 5.97 Å². The van der Waals surface area contributed by atoms with Crippen molar-refractivity contribution in [1.82, 2.24) is 0 Å². The van der Waals surface area contributed by atoms with Crippen LogP contribution in [0.4, 0.5) is 0 Å². The van der Waals surface area contributed by atoms with Crippen molar-refractivity contribution in [3.8, 4) is 0 Å². The van der Waals surface area contributed by atoms with E-state index in [0.29, 0.717) is 0 Å². The van der Waals surface area contributed by atoms with Gasteiger partial charge in [-0.2, -0.15) is 0 Å². The third-order valence-corrected chi connectivity index (χ3v) is 3.73. The van der Waals surface area contributed by atoms with Gasteiger partial charge < -0.3 is 9.84 Å². The number of aliphatic hydroxyl groups is 1. The van der Waals surface area contributed by atoms with E-state index < -0.39 is 12.2 Å². The van der Waals surface area contributed by atoms with Crippen molar-refractivity contribution in [2.24, 2.45) is 0 Å². The minimum atomic E-state index is -0.709. The van der Waals surface area contributed by atoms with Crippen LogP contribution in [-0.2, 0) is 9.53 Å². The normalized spacial score (nSPS) is 25.1. The molecule has 0 bridgehead atoms. The van der Waals surface area contributed by atoms with Gasteiger partial charge in [-0.3, -0.25) is 0 Å². The summed E-state index contributed by atoms with van der Waals surface area (Å²) in [5.74, 6) is -0.253. The highest BCUT2D eigenvalue weighted by Gasteiger charge is 2.45. The second-order valence-corrected chi connectivity index (χ2v) is 4.85. The third kappa shape index (κ3) is 1.51. The molecule has 0 aromatic heterocycles. The molecule has 0 saturated carbocycles. The Morgan fingerprint density at radius 2 is 2.11 bits per heavy atom. The lowest BCUT2D eigenvalue weighted by atomic mass is 9.98. The molecule has 1 heterocycles. The monoisotopic (exact) mass is 244 g/mol. The van der Waals surface area contributed by atoms with Gasteiger partial charge in [0.15, 0.2) is 6.10 Å². The predicted octanol–water partition coefficient (Wildman–Crippen LogP) is 2.60. The summed E-state index contributed by atoms with van der Waals surface area (Å²) in [4.78, 5) is 11.9. The van der Waals surface area contributed by atoms with Crippen LogP contribution in [0.5, 0.6) is 0 Å². The number of carbonyl (C=O) groups is 1. The second-order valence-electron chi connectivity index (χ2n) is 4.85. The van der Waals surface area contributed by atoms with Gasteiger partial charge in [-0.25, -0.2) is 4.79 Å². The van der Waals surface area contributed by atoms with E-state index in [1.54, 1.807) is 0 Å². The summed E-state index contributed by atoms with van der Waals surface area (Å²) in [5.41, 5.74) is 3.52. The molecule has 0 fully saturated rings. The molecule has 0 radical (unpaired) electrons. The zero-order chi connectivity index (χ0) is 12.7. The van der Waals surface area contributed by atoms with Crippen LogP contribution in [-0.4, -0.2) is 17.2 Å². The zero-order valence-corrected chi connectivity index (χ0v) is 10.3. The Morgan fingerprint density at radius 3 is 2.89 bits per heavy atom. The quantitative estimate of drug-likeness (QED) is 0.831. The molecule has 3 rings (SSSR count). The molecule has 1 aromatic carbocycles. The number of unbranched alkanes of at least 4 members (excludes halogenated alkanes) is 1. The topological polar surface area (TPSA) is 46.5 Å². The van der Waals surface area contributed by atoms with Gasteiger partial charge in [0.05, 0.1) is 0 Å². The number of esters is 1. The first kappa shape index (κ1) is 11.5. The molecule has 0 amide bonds. The highest BCUT2D eigenvalue weighted by atomic mass is 16.6. The summed E-state index contributed by atoms with van der Waals surface area (Å²) in [6.07, 6.45) is 1.56. The summed E-state index contributed by atoms with van der Waals surface area (Å²) >= 11 is 0. The van der Waals surface area contributed by atoms with E-state index in [2.05, 4.69) is 6.92 Å². The Labute approximate surface area is 106 Å². The fourth-order valence-corrected chi connectivity index (χ4v) is 2.82. The molecule has 3 heteroatoms. The number of ether oxygens (including phenoxy) is 1. The molecule has 0 saturated heterocycles. The van der Waals surface area contributed by atoms with E-state index in [1.807, 2.05) is 24.3 Å². The molecular formula is C15H16O3. The summed E-state index contributed by atoms with van der Waals surface area (Å²) in [5, 5.41) is 10.2. The van der Waals surface area contributed by atoms with E-state index in [1.165, 1.54) is 0 Å². The Kier molecular flexibility index (Phi) is 2.71. The average Bonchev–Trinajstić information content (AvgIpc) is 2.84. The molecule has 1 N–H and O–H groups in total. The van der Waals surface area contributed by atoms with Gasteiger partial charge in [0.25, 0.3) is 0 Å². The van der Waals surface area contributed by atoms with E-state index >= 15 is 0 Å². The molecule has 18 heavy (non-hydrogen) atoms. The molecular weight excluding hydrogens is 228 g/mol. The van der Waals surface area contributed by atoms with Gasteiger partial charge in [-0.1, -0.05) is 37.6 Å². The Hall–Kier alpha value is -1.61. The molecule has 2 unspecified atom stereocenters. The van der Waals surface area contributed by atoms with Crippen molar-refractivity contribution in [2.75, 3.05) is 0 Å². The largest absolute Gasteiger partial charge is 0.451 e. The Morgan fingerprint density at radius 1 is 1.33 bits per heavy atom. The maximum atomic E-state index is 11.9. The van der Waals surface area contributed by atoms with Crippen LogP contribution < -0.4 is 0 Å². The Bertz CT molecular complexity index is 530. The van der Waals surface area contributed by atoms with Crippen LogP contribution >= 0.6 is 0 Å². The van der Waals surface area contributed by atoms with Crippen LogP contribution in [0.1, 0.15) is 43.4 Å². The number of fused-ring (bicyclic) bond motifs is 3. The van der Waals surface area contributed by atoms with E-state index in [4.69, 9.17) is 4.74 Å². The maximum absolute atomic E-state index is 11.9. The van der Waals surface area contributed by atoms with Crippen molar-refractivity contribution in [1.29, 1.82) is 0 Å². The summed E-state index contributed by atoms with van der Waals surface area (Å²) in [6, 6.07) is 7.69. The standard InChI is InChI=1S/C15H16O3/c1-2-3-6-11-12-9-7-4-5-8-10(9)13(16)14(12)18-15(11)17/h4-5,7-8,13-14,16H,2-3,6H2,1H3. The maximum Gasteiger partial charge on any atom is 0.335 e. The fourth-order valence-electron chi connectivity index (χ4n) is 2.82. The first-order valence-corrected chi connectivity index (χ1v) is 6.45. The zero-order valence-electron chi connectivity index (χ0n) is 10.3. The first-order chi connectivity index (χ1) is 8.74. The van der Waals surface area contributed by atoms with Crippen LogP contribution in [0.25, 0.3) is 5.57 Å². The Balaban J connectivity index is 2.10. The number of aliphatic hydroxyl groups excluding tert-OH is 1. The second kappa shape index (κ2) is 4.25. The van der Waals surface area contributed by atoms with Gasteiger partial charge in [0, 0.05) is 11.1 Å². The third-order valence-electron chi connectivity index (χ3n) is 3.73. The van der Waals surface area contributed by atoms with Crippen LogP contribution in [0, 0.1) is 0 Å². The van der Waals surface area contributed by atoms with Gasteiger partial charge in [0.2, 0.25) is 0 Å². The van der Waals surface area contributed by atoms with Crippen LogP contribution in [0.3, 0.4) is 0 Å². The van der Waals surface area contributed by atoms with Gasteiger partial charge in [0.1, 0.15) is 6.10 Å². The van der Waals surface area contributed by atoms with Gasteiger partial charge >= 0.3 is 5.97 Å². The van der Waals surface area contributed by atoms with Crippen molar-refractivity contribution in [2.45, 2.75) is 38.4 Å². The minimum absolute atomic E-state index is 0.253. The van der Waals surface area contributed by atoms with E-state index in [0.717, 1.165) is 41.5 Å². The molecule has 3 nitrogen and oxygen atoms in total. The number of hydrogen-bond acceptors (Lipinski definition) is 3. The fraction of sp³-hybridized carbons (Fsp3) is 0.400. The summed E-state index contributed by atoms with van der Waals surface area (Å²) in [6.45, 7) is 2.10. The molecule has 2 aliphatic rings. The smallest absolute Gasteiger partial charge is 0.335 e. The molecule has 1 aliphatic heterocycles. The van der Waals surface area contributed by atoms with Gasteiger partial charge in [-0.05, 0) is 24.0 Å². The SMILES string of the molecule is CCCCC1=C2c3ccccc3C(O)C2OC1=O. The highest BCUT2D eigenvalue weighted by Crippen LogP contribution is 2.47. The summed E-state index contributed by atoms with van der Waals surface area (Å²) < 4.78 is 5.33. The van der Waals surface area contributed by atoms with Crippen molar-refractivity contribution in [3.63, 3.8) is 0 Å².